The van der Waals surface area contributed by atoms with Gasteiger partial charge in [0.1, 0.15) is 5.41 Å². The summed E-state index contributed by atoms with van der Waals surface area (Å²) in [5, 5.41) is 5.61. The fourth-order valence-corrected chi connectivity index (χ4v) is 2.38. The second-order valence-electron chi connectivity index (χ2n) is 4.65. The van der Waals surface area contributed by atoms with E-state index in [9.17, 15) is 9.59 Å². The number of carbonyl (C=O) groups is 2. The van der Waals surface area contributed by atoms with Crippen LogP contribution < -0.4 is 5.73 Å². The van der Waals surface area contributed by atoms with Crippen LogP contribution in [0.1, 0.15) is 12.5 Å². The lowest BCUT2D eigenvalue weighted by Crippen LogP contribution is -2.42. The van der Waals surface area contributed by atoms with E-state index in [1.807, 2.05) is 0 Å². The van der Waals surface area contributed by atoms with Gasteiger partial charge in [0.25, 0.3) is 0 Å². The predicted molar refractivity (Wildman–Crippen MR) is 74.4 cm³/mol. The molecule has 0 saturated heterocycles. The average Bonchev–Trinajstić information content (AvgIpc) is 2.78. The molecule has 0 bridgehead atoms. The van der Waals surface area contributed by atoms with Gasteiger partial charge in [-0.15, -0.1) is 0 Å². The van der Waals surface area contributed by atoms with E-state index in [0.29, 0.717) is 16.3 Å². The maximum atomic E-state index is 12.1. The first kappa shape index (κ1) is 14.3. The number of hydrogen-bond acceptors (Lipinski definition) is 4. The molecule has 1 aliphatic rings. The number of methoxy groups -OCH3 is 1. The highest BCUT2D eigenvalue weighted by Gasteiger charge is 2.48. The molecule has 0 aromatic heterocycles. The summed E-state index contributed by atoms with van der Waals surface area (Å²) in [4.78, 5) is 23.4. The second-order valence-corrected chi connectivity index (χ2v) is 5.06. The first-order valence-electron chi connectivity index (χ1n) is 5.89. The third kappa shape index (κ3) is 2.22. The number of rotatable bonds is 2. The van der Waals surface area contributed by atoms with Gasteiger partial charge in [-0.05, 0) is 13.0 Å². The number of nitrogens with two attached hydrogens (primary N) is 1. The monoisotopic (exact) mass is 295 g/mol. The predicted octanol–water partition coefficient (Wildman–Crippen LogP) is 1.62. The standard InChI is InChI=1S/C13H14ClN3O3/c1-13(11(18)20-2)7-17(12(15)19)16-10(13)8-5-3-4-6-9(8)14/h3-6H,7H2,1-2H3,(H2,15,19). The van der Waals surface area contributed by atoms with E-state index in [-0.39, 0.29) is 6.54 Å². The molecule has 1 heterocycles. The molecular weight excluding hydrogens is 282 g/mol. The van der Waals surface area contributed by atoms with E-state index in [0.717, 1.165) is 5.01 Å². The fourth-order valence-electron chi connectivity index (χ4n) is 2.16. The molecule has 2 N–H and O–H groups in total. The van der Waals surface area contributed by atoms with Crippen molar-refractivity contribution in [3.63, 3.8) is 0 Å². The van der Waals surface area contributed by atoms with Crippen LogP contribution in [0.4, 0.5) is 4.79 Å². The molecule has 1 aliphatic heterocycles. The van der Waals surface area contributed by atoms with Crippen LogP contribution in [-0.2, 0) is 9.53 Å². The van der Waals surface area contributed by atoms with Crippen LogP contribution in [0.3, 0.4) is 0 Å². The van der Waals surface area contributed by atoms with Crippen LogP contribution in [0.25, 0.3) is 0 Å². The van der Waals surface area contributed by atoms with Gasteiger partial charge in [-0.3, -0.25) is 4.79 Å². The van der Waals surface area contributed by atoms with E-state index in [1.54, 1.807) is 31.2 Å². The zero-order chi connectivity index (χ0) is 14.9. The normalized spacial score (nSPS) is 21.6. The Hall–Kier alpha value is -2.08. The van der Waals surface area contributed by atoms with Crippen molar-refractivity contribution in [2.24, 2.45) is 16.3 Å². The third-order valence-electron chi connectivity index (χ3n) is 3.23. The smallest absolute Gasteiger partial charge is 0.335 e. The molecule has 2 rings (SSSR count). The highest BCUT2D eigenvalue weighted by atomic mass is 35.5. The molecule has 1 aromatic carbocycles. The molecule has 1 unspecified atom stereocenters. The zero-order valence-electron chi connectivity index (χ0n) is 11.1. The van der Waals surface area contributed by atoms with Gasteiger partial charge in [-0.25, -0.2) is 9.80 Å². The number of ether oxygens (including phenoxy) is 1. The Labute approximate surface area is 121 Å². The van der Waals surface area contributed by atoms with Gasteiger partial charge in [-0.1, -0.05) is 29.8 Å². The topological polar surface area (TPSA) is 85.0 Å². The van der Waals surface area contributed by atoms with E-state index in [1.165, 1.54) is 7.11 Å². The van der Waals surface area contributed by atoms with Gasteiger partial charge >= 0.3 is 12.0 Å². The van der Waals surface area contributed by atoms with Crippen LogP contribution in [0, 0.1) is 5.41 Å². The Morgan fingerprint density at radius 3 is 2.65 bits per heavy atom. The number of halogens is 1. The maximum absolute atomic E-state index is 12.1. The number of hydrogen-bond donors (Lipinski definition) is 1. The molecule has 0 spiro atoms. The van der Waals surface area contributed by atoms with Gasteiger partial charge in [0.15, 0.2) is 0 Å². The molecule has 7 heteroatoms. The van der Waals surface area contributed by atoms with Crippen molar-refractivity contribution in [1.82, 2.24) is 5.01 Å². The van der Waals surface area contributed by atoms with E-state index in [2.05, 4.69) is 5.10 Å². The Bertz CT molecular complexity index is 602. The van der Waals surface area contributed by atoms with Crippen molar-refractivity contribution in [3.8, 4) is 0 Å². The van der Waals surface area contributed by atoms with Crippen molar-refractivity contribution in [2.75, 3.05) is 13.7 Å². The molecule has 0 aliphatic carbocycles. The van der Waals surface area contributed by atoms with Crippen LogP contribution in [0.15, 0.2) is 29.4 Å². The lowest BCUT2D eigenvalue weighted by molar-refractivity contribution is -0.147. The largest absolute Gasteiger partial charge is 0.468 e. The summed E-state index contributed by atoms with van der Waals surface area (Å²) in [6.45, 7) is 1.67. The summed E-state index contributed by atoms with van der Waals surface area (Å²) in [5.41, 5.74) is 5.08. The first-order chi connectivity index (χ1) is 9.40. The quantitative estimate of drug-likeness (QED) is 0.841. The van der Waals surface area contributed by atoms with Crippen molar-refractivity contribution >= 4 is 29.3 Å². The summed E-state index contributed by atoms with van der Waals surface area (Å²) in [5.74, 6) is -0.500. The van der Waals surface area contributed by atoms with Gasteiger partial charge in [-0.2, -0.15) is 5.10 Å². The Morgan fingerprint density at radius 2 is 2.10 bits per heavy atom. The number of amides is 2. The third-order valence-corrected chi connectivity index (χ3v) is 3.56. The van der Waals surface area contributed by atoms with Crippen molar-refractivity contribution in [1.29, 1.82) is 0 Å². The van der Waals surface area contributed by atoms with Crippen LogP contribution >= 0.6 is 11.6 Å². The minimum absolute atomic E-state index is 0.0234. The second kappa shape index (κ2) is 5.13. The van der Waals surface area contributed by atoms with E-state index < -0.39 is 17.4 Å². The Morgan fingerprint density at radius 1 is 1.45 bits per heavy atom. The number of nitrogens with zero attached hydrogens (tertiary/aromatic N) is 2. The summed E-state index contributed by atoms with van der Waals surface area (Å²) in [6.07, 6.45) is 0. The molecule has 0 radical (unpaired) electrons. The number of benzene rings is 1. The molecule has 20 heavy (non-hydrogen) atoms. The zero-order valence-corrected chi connectivity index (χ0v) is 11.8. The van der Waals surface area contributed by atoms with Crippen molar-refractivity contribution < 1.29 is 14.3 Å². The lowest BCUT2D eigenvalue weighted by atomic mass is 9.82. The minimum Gasteiger partial charge on any atom is -0.468 e. The lowest BCUT2D eigenvalue weighted by Gasteiger charge is -2.23. The molecule has 0 fully saturated rings. The number of hydrazone groups is 1. The molecule has 2 amide bonds. The Balaban J connectivity index is 2.55. The van der Waals surface area contributed by atoms with Crippen LogP contribution in [0.5, 0.6) is 0 Å². The SMILES string of the molecule is COC(=O)C1(C)CN(C(N)=O)N=C1c1ccccc1Cl. The summed E-state index contributed by atoms with van der Waals surface area (Å²) in [7, 11) is 1.28. The van der Waals surface area contributed by atoms with E-state index in [4.69, 9.17) is 22.1 Å². The molecule has 1 atom stereocenters. The van der Waals surface area contributed by atoms with Gasteiger partial charge in [0.05, 0.1) is 19.4 Å². The van der Waals surface area contributed by atoms with Gasteiger partial charge in [0.2, 0.25) is 0 Å². The molecule has 106 valence electrons. The molecular formula is C13H14ClN3O3. The number of esters is 1. The van der Waals surface area contributed by atoms with Crippen molar-refractivity contribution in [3.05, 3.63) is 34.9 Å². The average molecular weight is 296 g/mol. The summed E-state index contributed by atoms with van der Waals surface area (Å²) >= 11 is 6.14. The summed E-state index contributed by atoms with van der Waals surface area (Å²) in [6, 6.07) is 6.22. The molecule has 6 nitrogen and oxygen atoms in total. The molecule has 0 saturated carbocycles. The van der Waals surface area contributed by atoms with Gasteiger partial charge < -0.3 is 10.5 Å². The van der Waals surface area contributed by atoms with Gasteiger partial charge in [0, 0.05) is 10.6 Å². The maximum Gasteiger partial charge on any atom is 0.335 e. The highest BCUT2D eigenvalue weighted by molar-refractivity contribution is 6.35. The van der Waals surface area contributed by atoms with E-state index >= 15 is 0 Å². The van der Waals surface area contributed by atoms with Crippen LogP contribution in [-0.4, -0.2) is 36.4 Å². The first-order valence-corrected chi connectivity index (χ1v) is 6.27. The van der Waals surface area contributed by atoms with Crippen LogP contribution in [0.2, 0.25) is 5.02 Å². The number of primary amides is 1. The Kier molecular flexibility index (Phi) is 3.67. The number of carbonyl (C=O) groups excluding carboxylic acids is 2. The van der Waals surface area contributed by atoms with Crippen molar-refractivity contribution in [2.45, 2.75) is 6.92 Å². The highest BCUT2D eigenvalue weighted by Crippen LogP contribution is 2.34. The summed E-state index contributed by atoms with van der Waals surface area (Å²) < 4.78 is 4.82. The number of urea groups is 1. The fraction of sp³-hybridized carbons (Fsp3) is 0.308. The minimum atomic E-state index is -1.10. The molecule has 1 aromatic rings.